The molecule has 0 aliphatic rings. The molecule has 23 heavy (non-hydrogen) atoms. The Hall–Kier alpha value is -2.21. The number of thiazole rings is 1. The topological polar surface area (TPSA) is 68.3 Å². The number of aryl methyl sites for hydroxylation is 1. The summed E-state index contributed by atoms with van der Waals surface area (Å²) in [6.45, 7) is 5.67. The maximum absolute atomic E-state index is 11.8. The van der Waals surface area contributed by atoms with E-state index in [0.29, 0.717) is 30.0 Å². The van der Waals surface area contributed by atoms with E-state index in [4.69, 9.17) is 4.74 Å². The summed E-state index contributed by atoms with van der Waals surface area (Å²) in [6.07, 6.45) is 1.23. The lowest BCUT2D eigenvalue weighted by molar-refractivity contribution is -0.116. The Bertz CT molecular complexity index is 710. The largest absolute Gasteiger partial charge is 0.486 e. The number of aromatic nitrogens is 1. The van der Waals surface area contributed by atoms with Gasteiger partial charge >= 0.3 is 0 Å². The average molecular weight is 332 g/mol. The highest BCUT2D eigenvalue weighted by atomic mass is 32.1. The van der Waals surface area contributed by atoms with Crippen LogP contribution < -0.4 is 10.1 Å². The Labute approximate surface area is 139 Å². The molecule has 0 spiro atoms. The number of rotatable bonds is 7. The lowest BCUT2D eigenvalue weighted by Gasteiger charge is -2.11. The Morgan fingerprint density at radius 3 is 2.74 bits per heavy atom. The molecule has 0 saturated carbocycles. The first-order valence-electron chi connectivity index (χ1n) is 7.48. The number of carbonyl (C=O) groups excluding carboxylic acids is 2. The van der Waals surface area contributed by atoms with Crippen molar-refractivity contribution in [3.05, 3.63) is 39.8 Å². The van der Waals surface area contributed by atoms with Crippen LogP contribution in [0, 0.1) is 6.92 Å². The Morgan fingerprint density at radius 2 is 2.13 bits per heavy atom. The van der Waals surface area contributed by atoms with E-state index in [-0.39, 0.29) is 11.7 Å². The van der Waals surface area contributed by atoms with Gasteiger partial charge in [-0.2, -0.15) is 0 Å². The number of carbonyl (C=O) groups is 2. The maximum atomic E-state index is 11.8. The predicted octanol–water partition coefficient (Wildman–Crippen LogP) is 3.97. The van der Waals surface area contributed by atoms with Crippen LogP contribution in [-0.4, -0.2) is 16.7 Å². The normalized spacial score (nSPS) is 10.4. The third kappa shape index (κ3) is 4.89. The molecule has 6 heteroatoms. The first-order chi connectivity index (χ1) is 11.0. The number of Topliss-reactive ketones (excluding diaryl/α,β-unsaturated/α-hetero) is 1. The molecule has 2 rings (SSSR count). The first kappa shape index (κ1) is 17.1. The molecule has 1 amide bonds. The summed E-state index contributed by atoms with van der Waals surface area (Å²) in [5, 5.41) is 5.60. The molecular weight excluding hydrogens is 312 g/mol. The van der Waals surface area contributed by atoms with Crippen LogP contribution in [0.15, 0.2) is 23.6 Å². The van der Waals surface area contributed by atoms with Crippen molar-refractivity contribution in [2.24, 2.45) is 0 Å². The molecule has 2 aromatic rings. The van der Waals surface area contributed by atoms with Crippen molar-refractivity contribution in [2.45, 2.75) is 40.2 Å². The molecule has 122 valence electrons. The van der Waals surface area contributed by atoms with Gasteiger partial charge in [-0.1, -0.05) is 6.92 Å². The second kappa shape index (κ2) is 7.87. The van der Waals surface area contributed by atoms with Gasteiger partial charge in [-0.15, -0.1) is 11.3 Å². The van der Waals surface area contributed by atoms with E-state index in [1.807, 2.05) is 19.2 Å². The zero-order valence-corrected chi connectivity index (χ0v) is 14.3. The van der Waals surface area contributed by atoms with E-state index in [0.717, 1.165) is 17.1 Å². The third-order valence-corrected chi connectivity index (χ3v) is 4.08. The molecule has 1 heterocycles. The Balaban J connectivity index is 2.12. The van der Waals surface area contributed by atoms with E-state index in [2.05, 4.69) is 10.3 Å². The fourth-order valence-corrected chi connectivity index (χ4v) is 2.75. The van der Waals surface area contributed by atoms with Gasteiger partial charge in [0.1, 0.15) is 17.4 Å². The zero-order valence-electron chi connectivity index (χ0n) is 13.5. The van der Waals surface area contributed by atoms with Crippen molar-refractivity contribution in [3.8, 4) is 5.75 Å². The molecule has 0 radical (unpaired) electrons. The van der Waals surface area contributed by atoms with Gasteiger partial charge in [0.05, 0.1) is 5.56 Å². The van der Waals surface area contributed by atoms with Crippen molar-refractivity contribution in [1.29, 1.82) is 0 Å². The number of amides is 1. The molecule has 0 aliphatic heterocycles. The number of nitrogens with zero attached hydrogens (tertiary/aromatic N) is 1. The van der Waals surface area contributed by atoms with E-state index < -0.39 is 0 Å². The van der Waals surface area contributed by atoms with Crippen molar-refractivity contribution in [3.63, 3.8) is 0 Å². The smallest absolute Gasteiger partial charge is 0.224 e. The van der Waals surface area contributed by atoms with Crippen LogP contribution in [0.25, 0.3) is 0 Å². The number of ketones is 1. The van der Waals surface area contributed by atoms with E-state index >= 15 is 0 Å². The molecule has 0 atom stereocenters. The average Bonchev–Trinajstić information content (AvgIpc) is 2.91. The number of benzene rings is 1. The van der Waals surface area contributed by atoms with Crippen molar-refractivity contribution in [2.75, 3.05) is 5.32 Å². The van der Waals surface area contributed by atoms with Crippen LogP contribution in [0.5, 0.6) is 5.75 Å². The fourth-order valence-electron chi connectivity index (χ4n) is 2.07. The molecule has 1 aromatic carbocycles. The zero-order chi connectivity index (χ0) is 16.8. The minimum absolute atomic E-state index is 0.0612. The Kier molecular flexibility index (Phi) is 5.87. The number of anilines is 1. The van der Waals surface area contributed by atoms with Gasteiger partial charge in [-0.3, -0.25) is 9.59 Å². The van der Waals surface area contributed by atoms with Gasteiger partial charge in [0, 0.05) is 23.2 Å². The van der Waals surface area contributed by atoms with Crippen LogP contribution >= 0.6 is 11.3 Å². The van der Waals surface area contributed by atoms with Crippen LogP contribution in [-0.2, 0) is 11.4 Å². The van der Waals surface area contributed by atoms with Crippen molar-refractivity contribution >= 4 is 28.7 Å². The van der Waals surface area contributed by atoms with E-state index in [9.17, 15) is 9.59 Å². The number of nitrogens with one attached hydrogen (secondary N) is 1. The quantitative estimate of drug-likeness (QED) is 0.779. The van der Waals surface area contributed by atoms with Gasteiger partial charge in [0.2, 0.25) is 5.91 Å². The lowest BCUT2D eigenvalue weighted by atomic mass is 10.1. The second-order valence-electron chi connectivity index (χ2n) is 5.24. The summed E-state index contributed by atoms with van der Waals surface area (Å²) in [4.78, 5) is 27.8. The van der Waals surface area contributed by atoms with Gasteiger partial charge in [0.25, 0.3) is 0 Å². The highest BCUT2D eigenvalue weighted by Crippen LogP contribution is 2.25. The van der Waals surface area contributed by atoms with Gasteiger partial charge in [-0.05, 0) is 38.5 Å². The highest BCUT2D eigenvalue weighted by molar-refractivity contribution is 7.09. The van der Waals surface area contributed by atoms with Crippen LogP contribution in [0.1, 0.15) is 47.7 Å². The third-order valence-electron chi connectivity index (χ3n) is 3.14. The van der Waals surface area contributed by atoms with Crippen molar-refractivity contribution in [1.82, 2.24) is 4.98 Å². The summed E-state index contributed by atoms with van der Waals surface area (Å²) < 4.78 is 5.72. The minimum Gasteiger partial charge on any atom is -0.486 e. The molecule has 1 aromatic heterocycles. The first-order valence-corrected chi connectivity index (χ1v) is 8.36. The van der Waals surface area contributed by atoms with E-state index in [1.54, 1.807) is 18.2 Å². The molecule has 0 aliphatic carbocycles. The van der Waals surface area contributed by atoms with Gasteiger partial charge in [0.15, 0.2) is 5.78 Å². The molecule has 0 unspecified atom stereocenters. The highest BCUT2D eigenvalue weighted by Gasteiger charge is 2.12. The minimum atomic E-state index is -0.109. The Morgan fingerprint density at radius 1 is 1.35 bits per heavy atom. The van der Waals surface area contributed by atoms with Crippen LogP contribution in [0.4, 0.5) is 5.69 Å². The summed E-state index contributed by atoms with van der Waals surface area (Å²) in [7, 11) is 0. The molecule has 0 fully saturated rings. The van der Waals surface area contributed by atoms with E-state index in [1.165, 1.54) is 18.3 Å². The summed E-state index contributed by atoms with van der Waals surface area (Å²) >= 11 is 1.52. The fraction of sp³-hybridized carbons (Fsp3) is 0.353. The molecule has 5 nitrogen and oxygen atoms in total. The monoisotopic (exact) mass is 332 g/mol. The number of hydrogen-bond donors (Lipinski definition) is 1. The van der Waals surface area contributed by atoms with Crippen LogP contribution in [0.3, 0.4) is 0 Å². The van der Waals surface area contributed by atoms with Gasteiger partial charge in [-0.25, -0.2) is 4.98 Å². The lowest BCUT2D eigenvalue weighted by Crippen LogP contribution is -2.11. The van der Waals surface area contributed by atoms with Gasteiger partial charge < -0.3 is 10.1 Å². The summed E-state index contributed by atoms with van der Waals surface area (Å²) in [5.74, 6) is 0.328. The summed E-state index contributed by atoms with van der Waals surface area (Å²) in [5.41, 5.74) is 2.01. The second-order valence-corrected chi connectivity index (χ2v) is 6.18. The molecule has 0 saturated heterocycles. The number of ether oxygens (including phenoxy) is 1. The summed E-state index contributed by atoms with van der Waals surface area (Å²) in [6, 6.07) is 5.10. The van der Waals surface area contributed by atoms with Crippen molar-refractivity contribution < 1.29 is 14.3 Å². The molecule has 0 bridgehead atoms. The predicted molar refractivity (Wildman–Crippen MR) is 91.2 cm³/mol. The standard InChI is InChI=1S/C17H20N2O3S/c1-4-5-16(21)19-13-6-7-15(14(8-13)12(3)20)22-9-17-18-11(2)10-23-17/h6-8,10H,4-5,9H2,1-3H3,(H,19,21). The maximum Gasteiger partial charge on any atom is 0.224 e. The molecule has 1 N–H and O–H groups in total. The molecular formula is C17H20N2O3S. The van der Waals surface area contributed by atoms with Crippen LogP contribution in [0.2, 0.25) is 0 Å². The SMILES string of the molecule is CCCC(=O)Nc1ccc(OCc2nc(C)cs2)c(C(C)=O)c1. The number of hydrogen-bond acceptors (Lipinski definition) is 5.